The maximum atomic E-state index is 5.98. The van der Waals surface area contributed by atoms with E-state index < -0.39 is 0 Å². The first-order chi connectivity index (χ1) is 8.22. The Balaban J connectivity index is 2.44. The molecule has 0 aliphatic rings. The molecule has 2 aromatic rings. The van der Waals surface area contributed by atoms with Crippen molar-refractivity contribution in [2.75, 3.05) is 5.73 Å². The molecule has 88 valence electrons. The molecule has 0 atom stereocenters. The Morgan fingerprint density at radius 3 is 2.65 bits per heavy atom. The van der Waals surface area contributed by atoms with Crippen molar-refractivity contribution in [3.8, 4) is 11.1 Å². The summed E-state index contributed by atoms with van der Waals surface area (Å²) in [6, 6.07) is 7.92. The van der Waals surface area contributed by atoms with Gasteiger partial charge in [0.2, 0.25) is 0 Å². The molecule has 0 bridgehead atoms. The highest BCUT2D eigenvalue weighted by Gasteiger charge is 2.08. The predicted molar refractivity (Wildman–Crippen MR) is 73.6 cm³/mol. The lowest BCUT2D eigenvalue weighted by atomic mass is 10.1. The Morgan fingerprint density at radius 2 is 2.00 bits per heavy atom. The minimum atomic E-state index is 0.537. The molecule has 1 aromatic heterocycles. The van der Waals surface area contributed by atoms with Crippen LogP contribution in [0.2, 0.25) is 0 Å². The lowest BCUT2D eigenvalue weighted by molar-refractivity contribution is 0.838. The molecule has 0 fully saturated rings. The van der Waals surface area contributed by atoms with Gasteiger partial charge in [-0.3, -0.25) is 0 Å². The zero-order valence-electron chi connectivity index (χ0n) is 9.65. The van der Waals surface area contributed by atoms with Crippen molar-refractivity contribution in [1.29, 1.82) is 0 Å². The van der Waals surface area contributed by atoms with Gasteiger partial charge in [0.1, 0.15) is 11.6 Å². The summed E-state index contributed by atoms with van der Waals surface area (Å²) in [5, 5.41) is 0. The number of halogens is 1. The second kappa shape index (κ2) is 5.27. The summed E-state index contributed by atoms with van der Waals surface area (Å²) in [6.07, 6.45) is 3.68. The number of hydrogen-bond acceptors (Lipinski definition) is 3. The van der Waals surface area contributed by atoms with Crippen LogP contribution in [0.4, 0.5) is 5.82 Å². The highest BCUT2D eigenvalue weighted by atomic mass is 79.9. The number of rotatable bonds is 3. The van der Waals surface area contributed by atoms with Crippen molar-refractivity contribution >= 4 is 21.7 Å². The molecule has 0 amide bonds. The van der Waals surface area contributed by atoms with Gasteiger partial charge in [0.05, 0.1) is 0 Å². The molecule has 0 saturated carbocycles. The van der Waals surface area contributed by atoms with Gasteiger partial charge >= 0.3 is 0 Å². The van der Waals surface area contributed by atoms with E-state index in [0.717, 1.165) is 34.3 Å². The maximum absolute atomic E-state index is 5.98. The average Bonchev–Trinajstić information content (AvgIpc) is 2.31. The average molecular weight is 292 g/mol. The number of nitrogens with zero attached hydrogens (tertiary/aromatic N) is 2. The number of aromatic nitrogens is 2. The summed E-state index contributed by atoms with van der Waals surface area (Å²) in [6.45, 7) is 2.10. The van der Waals surface area contributed by atoms with Gasteiger partial charge in [-0.2, -0.15) is 0 Å². The van der Waals surface area contributed by atoms with Gasteiger partial charge < -0.3 is 5.73 Å². The fraction of sp³-hybridized carbons (Fsp3) is 0.231. The SMILES string of the molecule is CCCc1ncc(-c2ccccc2Br)c(N)n1. The molecule has 1 heterocycles. The monoisotopic (exact) mass is 291 g/mol. The van der Waals surface area contributed by atoms with Crippen molar-refractivity contribution in [1.82, 2.24) is 9.97 Å². The Hall–Kier alpha value is -1.42. The maximum Gasteiger partial charge on any atom is 0.135 e. The molecular formula is C13H14BrN3. The van der Waals surface area contributed by atoms with Gasteiger partial charge in [0.25, 0.3) is 0 Å². The van der Waals surface area contributed by atoms with Gasteiger partial charge in [-0.25, -0.2) is 9.97 Å². The van der Waals surface area contributed by atoms with E-state index in [9.17, 15) is 0 Å². The van der Waals surface area contributed by atoms with Gasteiger partial charge in [0, 0.05) is 28.2 Å². The van der Waals surface area contributed by atoms with Crippen molar-refractivity contribution in [2.24, 2.45) is 0 Å². The van der Waals surface area contributed by atoms with Crippen LogP contribution in [0, 0.1) is 0 Å². The van der Waals surface area contributed by atoms with Crippen molar-refractivity contribution in [3.05, 3.63) is 40.8 Å². The van der Waals surface area contributed by atoms with Gasteiger partial charge in [-0.15, -0.1) is 0 Å². The minimum Gasteiger partial charge on any atom is -0.383 e. The summed E-state index contributed by atoms with van der Waals surface area (Å²) < 4.78 is 0.999. The minimum absolute atomic E-state index is 0.537. The van der Waals surface area contributed by atoms with Crippen molar-refractivity contribution in [3.63, 3.8) is 0 Å². The first-order valence-electron chi connectivity index (χ1n) is 5.58. The Kier molecular flexibility index (Phi) is 3.74. The summed E-state index contributed by atoms with van der Waals surface area (Å²) in [4.78, 5) is 8.66. The van der Waals surface area contributed by atoms with Crippen molar-refractivity contribution in [2.45, 2.75) is 19.8 Å². The molecule has 3 nitrogen and oxygen atoms in total. The van der Waals surface area contributed by atoms with Crippen LogP contribution in [0.25, 0.3) is 11.1 Å². The van der Waals surface area contributed by atoms with E-state index >= 15 is 0 Å². The van der Waals surface area contributed by atoms with Crippen LogP contribution in [0.1, 0.15) is 19.2 Å². The standard InChI is InChI=1S/C13H14BrN3/c1-2-5-12-16-8-10(13(15)17-12)9-6-3-4-7-11(9)14/h3-4,6-8H,2,5H2,1H3,(H2,15,16,17). The Morgan fingerprint density at radius 1 is 1.24 bits per heavy atom. The molecule has 0 aliphatic carbocycles. The van der Waals surface area contributed by atoms with Crippen molar-refractivity contribution < 1.29 is 0 Å². The van der Waals surface area contributed by atoms with Gasteiger partial charge in [-0.1, -0.05) is 41.1 Å². The number of nitrogens with two attached hydrogens (primary N) is 1. The fourth-order valence-corrected chi connectivity index (χ4v) is 2.16. The highest BCUT2D eigenvalue weighted by molar-refractivity contribution is 9.10. The zero-order valence-corrected chi connectivity index (χ0v) is 11.2. The van der Waals surface area contributed by atoms with E-state index in [1.807, 2.05) is 24.3 Å². The third-order valence-electron chi connectivity index (χ3n) is 2.51. The first kappa shape index (κ1) is 12.0. The second-order valence-corrected chi connectivity index (χ2v) is 4.67. The summed E-state index contributed by atoms with van der Waals surface area (Å²) in [5.41, 5.74) is 7.87. The van der Waals surface area contributed by atoms with Crippen LogP contribution < -0.4 is 5.73 Å². The normalized spacial score (nSPS) is 10.5. The molecular weight excluding hydrogens is 278 g/mol. The number of anilines is 1. The fourth-order valence-electron chi connectivity index (χ4n) is 1.66. The number of hydrogen-bond donors (Lipinski definition) is 1. The van der Waals surface area contributed by atoms with E-state index in [1.54, 1.807) is 6.20 Å². The molecule has 0 spiro atoms. The van der Waals surface area contributed by atoms with Crippen LogP contribution in [-0.2, 0) is 6.42 Å². The molecule has 17 heavy (non-hydrogen) atoms. The summed E-state index contributed by atoms with van der Waals surface area (Å²) in [5.74, 6) is 1.34. The van der Waals surface area contributed by atoms with E-state index in [1.165, 1.54) is 0 Å². The molecule has 4 heteroatoms. The number of nitrogen functional groups attached to an aromatic ring is 1. The molecule has 2 rings (SSSR count). The molecule has 0 unspecified atom stereocenters. The first-order valence-corrected chi connectivity index (χ1v) is 6.38. The summed E-state index contributed by atoms with van der Waals surface area (Å²) >= 11 is 3.51. The topological polar surface area (TPSA) is 51.8 Å². The lowest BCUT2D eigenvalue weighted by Crippen LogP contribution is -2.01. The molecule has 0 saturated heterocycles. The summed E-state index contributed by atoms with van der Waals surface area (Å²) in [7, 11) is 0. The van der Waals surface area contributed by atoms with Gasteiger partial charge in [0.15, 0.2) is 0 Å². The molecule has 0 aliphatic heterocycles. The van der Waals surface area contributed by atoms with Crippen LogP contribution >= 0.6 is 15.9 Å². The smallest absolute Gasteiger partial charge is 0.135 e. The van der Waals surface area contributed by atoms with E-state index in [0.29, 0.717) is 5.82 Å². The molecule has 0 radical (unpaired) electrons. The van der Waals surface area contributed by atoms with Crippen LogP contribution in [0.5, 0.6) is 0 Å². The quantitative estimate of drug-likeness (QED) is 0.942. The molecule has 1 aromatic carbocycles. The van der Waals surface area contributed by atoms with Crippen LogP contribution in [0.3, 0.4) is 0 Å². The third kappa shape index (κ3) is 2.64. The second-order valence-electron chi connectivity index (χ2n) is 3.81. The largest absolute Gasteiger partial charge is 0.383 e. The Bertz CT molecular complexity index is 526. The van der Waals surface area contributed by atoms with E-state index in [-0.39, 0.29) is 0 Å². The number of aryl methyl sites for hydroxylation is 1. The highest BCUT2D eigenvalue weighted by Crippen LogP contribution is 2.30. The lowest BCUT2D eigenvalue weighted by Gasteiger charge is -2.08. The number of benzene rings is 1. The Labute approximate surface area is 109 Å². The van der Waals surface area contributed by atoms with E-state index in [2.05, 4.69) is 32.8 Å². The van der Waals surface area contributed by atoms with Crippen LogP contribution in [-0.4, -0.2) is 9.97 Å². The van der Waals surface area contributed by atoms with E-state index in [4.69, 9.17) is 5.73 Å². The molecule has 2 N–H and O–H groups in total. The third-order valence-corrected chi connectivity index (χ3v) is 3.20. The van der Waals surface area contributed by atoms with Crippen LogP contribution in [0.15, 0.2) is 34.9 Å². The zero-order chi connectivity index (χ0) is 12.3. The van der Waals surface area contributed by atoms with Gasteiger partial charge in [-0.05, 0) is 12.5 Å². The predicted octanol–water partition coefficient (Wildman–Crippen LogP) is 3.44.